The molecule has 1 aliphatic heterocycles. The molecule has 2 amide bonds. The Morgan fingerprint density at radius 3 is 2.63 bits per heavy atom. The van der Waals surface area contributed by atoms with E-state index in [2.05, 4.69) is 21.2 Å². The van der Waals surface area contributed by atoms with Crippen LogP contribution >= 0.6 is 15.9 Å². The summed E-state index contributed by atoms with van der Waals surface area (Å²) in [5, 5.41) is 3.35. The van der Waals surface area contributed by atoms with Crippen LogP contribution in [0, 0.1) is 17.8 Å². The first-order valence-electron chi connectivity index (χ1n) is 11.0. The van der Waals surface area contributed by atoms with E-state index in [0.29, 0.717) is 36.7 Å². The fraction of sp³-hybridized carbons (Fsp3) is 0.652. The molecule has 1 N–H and O–H groups in total. The zero-order valence-corrected chi connectivity index (χ0v) is 19.1. The van der Waals surface area contributed by atoms with Crippen molar-refractivity contribution in [3.8, 4) is 5.75 Å². The number of hydrogen-bond donors (Lipinski definition) is 1. The molecule has 3 unspecified atom stereocenters. The van der Waals surface area contributed by atoms with Gasteiger partial charge in [0.2, 0.25) is 0 Å². The lowest BCUT2D eigenvalue weighted by Crippen LogP contribution is -2.67. The summed E-state index contributed by atoms with van der Waals surface area (Å²) >= 11 is 3.45. The Kier molecular flexibility index (Phi) is 4.80. The highest BCUT2D eigenvalue weighted by atomic mass is 79.9. The van der Waals surface area contributed by atoms with Crippen LogP contribution in [0.15, 0.2) is 28.7 Å². The minimum Gasteiger partial charge on any atom is -0.478 e. The van der Waals surface area contributed by atoms with Crippen LogP contribution in [-0.2, 0) is 9.53 Å². The molecule has 4 saturated carbocycles. The van der Waals surface area contributed by atoms with Gasteiger partial charge in [-0.25, -0.2) is 4.79 Å². The van der Waals surface area contributed by atoms with Gasteiger partial charge in [0.15, 0.2) is 5.60 Å². The molecule has 4 aliphatic carbocycles. The van der Waals surface area contributed by atoms with Gasteiger partial charge in [0.1, 0.15) is 12.4 Å². The SMILES string of the molecule is CC(C)(Oc1cccc(Br)c1)C(=O)NC1[C@@H]2CC3C[C@H]1CC(N1CCOC1=O)(C3)C2. The van der Waals surface area contributed by atoms with Crippen LogP contribution < -0.4 is 10.1 Å². The third-order valence-corrected chi connectivity index (χ3v) is 8.08. The summed E-state index contributed by atoms with van der Waals surface area (Å²) in [4.78, 5) is 27.5. The molecular formula is C23H29BrN2O4. The Hall–Kier alpha value is -1.76. The first-order valence-corrected chi connectivity index (χ1v) is 11.7. The Morgan fingerprint density at radius 1 is 1.27 bits per heavy atom. The van der Waals surface area contributed by atoms with Gasteiger partial charge in [-0.15, -0.1) is 0 Å². The van der Waals surface area contributed by atoms with Crippen LogP contribution in [0.4, 0.5) is 4.79 Å². The predicted molar refractivity (Wildman–Crippen MR) is 115 cm³/mol. The van der Waals surface area contributed by atoms with Gasteiger partial charge in [0, 0.05) is 16.1 Å². The number of ether oxygens (including phenoxy) is 2. The quantitative estimate of drug-likeness (QED) is 0.693. The van der Waals surface area contributed by atoms with Crippen molar-refractivity contribution in [1.29, 1.82) is 0 Å². The van der Waals surface area contributed by atoms with E-state index in [4.69, 9.17) is 9.47 Å². The van der Waals surface area contributed by atoms with Crippen LogP contribution in [0.2, 0.25) is 0 Å². The number of hydrogen-bond acceptors (Lipinski definition) is 4. The van der Waals surface area contributed by atoms with Gasteiger partial charge in [0.05, 0.1) is 6.54 Å². The highest BCUT2D eigenvalue weighted by molar-refractivity contribution is 9.10. The molecule has 5 fully saturated rings. The van der Waals surface area contributed by atoms with E-state index in [9.17, 15) is 9.59 Å². The predicted octanol–water partition coefficient (Wildman–Crippen LogP) is 4.12. The number of amides is 2. The molecular weight excluding hydrogens is 448 g/mol. The lowest BCUT2D eigenvalue weighted by Gasteiger charge is -2.62. The van der Waals surface area contributed by atoms with Crippen molar-refractivity contribution in [3.05, 3.63) is 28.7 Å². The molecule has 0 aromatic heterocycles. The maximum absolute atomic E-state index is 13.2. The number of carbonyl (C=O) groups is 2. The van der Waals surface area contributed by atoms with E-state index < -0.39 is 5.60 Å². The molecule has 6 rings (SSSR count). The molecule has 7 heteroatoms. The highest BCUT2D eigenvalue weighted by Crippen LogP contribution is 2.58. The smallest absolute Gasteiger partial charge is 0.410 e. The third-order valence-electron chi connectivity index (χ3n) is 7.59. The second-order valence-electron chi connectivity index (χ2n) is 10.0. The van der Waals surface area contributed by atoms with Gasteiger partial charge in [0.25, 0.3) is 5.91 Å². The Labute approximate surface area is 185 Å². The zero-order chi connectivity index (χ0) is 21.1. The van der Waals surface area contributed by atoms with E-state index in [-0.39, 0.29) is 23.6 Å². The molecule has 5 atom stereocenters. The summed E-state index contributed by atoms with van der Waals surface area (Å²) in [6, 6.07) is 7.72. The number of nitrogens with one attached hydrogen (secondary N) is 1. The molecule has 1 aromatic rings. The highest BCUT2D eigenvalue weighted by Gasteiger charge is 2.59. The van der Waals surface area contributed by atoms with Crippen molar-refractivity contribution in [2.75, 3.05) is 13.2 Å². The van der Waals surface area contributed by atoms with E-state index in [0.717, 1.165) is 36.6 Å². The van der Waals surface area contributed by atoms with Crippen LogP contribution in [0.3, 0.4) is 0 Å². The van der Waals surface area contributed by atoms with Crippen molar-refractivity contribution in [2.24, 2.45) is 17.8 Å². The van der Waals surface area contributed by atoms with E-state index >= 15 is 0 Å². The molecule has 5 aliphatic rings. The molecule has 1 saturated heterocycles. The molecule has 4 bridgehead atoms. The Balaban J connectivity index is 1.29. The van der Waals surface area contributed by atoms with Gasteiger partial charge >= 0.3 is 6.09 Å². The van der Waals surface area contributed by atoms with Gasteiger partial charge < -0.3 is 14.8 Å². The summed E-state index contributed by atoms with van der Waals surface area (Å²) in [5.41, 5.74) is -1.03. The van der Waals surface area contributed by atoms with Crippen molar-refractivity contribution < 1.29 is 19.1 Å². The number of rotatable bonds is 5. The third kappa shape index (κ3) is 3.39. The van der Waals surface area contributed by atoms with Crippen LogP contribution in [0.25, 0.3) is 0 Å². The maximum atomic E-state index is 13.2. The lowest BCUT2D eigenvalue weighted by atomic mass is 9.50. The van der Waals surface area contributed by atoms with Crippen LogP contribution in [-0.4, -0.2) is 47.2 Å². The minimum absolute atomic E-state index is 0.0619. The largest absolute Gasteiger partial charge is 0.478 e. The Bertz CT molecular complexity index is 857. The summed E-state index contributed by atoms with van der Waals surface area (Å²) in [6.07, 6.45) is 5.15. The summed E-state index contributed by atoms with van der Waals surface area (Å²) in [7, 11) is 0. The fourth-order valence-electron chi connectivity index (χ4n) is 6.57. The second-order valence-corrected chi connectivity index (χ2v) is 10.9. The fourth-order valence-corrected chi connectivity index (χ4v) is 6.95. The van der Waals surface area contributed by atoms with E-state index in [1.54, 1.807) is 0 Å². The van der Waals surface area contributed by atoms with E-state index in [1.165, 1.54) is 0 Å². The average molecular weight is 477 g/mol. The van der Waals surface area contributed by atoms with Gasteiger partial charge in [-0.2, -0.15) is 0 Å². The summed E-state index contributed by atoms with van der Waals surface area (Å²) < 4.78 is 12.2. The average Bonchev–Trinajstić information content (AvgIpc) is 3.10. The topological polar surface area (TPSA) is 67.9 Å². The molecule has 6 nitrogen and oxygen atoms in total. The van der Waals surface area contributed by atoms with Gasteiger partial charge in [-0.1, -0.05) is 22.0 Å². The maximum Gasteiger partial charge on any atom is 0.410 e. The number of carbonyl (C=O) groups excluding carboxylic acids is 2. The van der Waals surface area contributed by atoms with Gasteiger partial charge in [-0.05, 0) is 81.9 Å². The normalized spacial score (nSPS) is 34.8. The van der Waals surface area contributed by atoms with Crippen LogP contribution in [0.1, 0.15) is 46.0 Å². The molecule has 30 heavy (non-hydrogen) atoms. The minimum atomic E-state index is -0.966. The standard InChI is InChI=1S/C23H29BrN2O4/c1-22(2,30-18-5-3-4-17(24)10-18)20(27)25-19-15-8-14-9-16(19)13-23(11-14,12-15)26-6-7-29-21(26)28/h3-5,10,14-16,19H,6-9,11-13H2,1-2H3,(H,25,27)/t14?,15-,16+,19?,23?. The first-order chi connectivity index (χ1) is 14.3. The summed E-state index contributed by atoms with van der Waals surface area (Å²) in [6.45, 7) is 4.85. The molecule has 1 heterocycles. The van der Waals surface area contributed by atoms with Crippen molar-refractivity contribution >= 4 is 27.9 Å². The first kappa shape index (κ1) is 20.2. The molecule has 0 spiro atoms. The number of nitrogens with zero attached hydrogens (tertiary/aromatic N) is 1. The van der Waals surface area contributed by atoms with Crippen molar-refractivity contribution in [1.82, 2.24) is 10.2 Å². The molecule has 0 radical (unpaired) electrons. The Morgan fingerprint density at radius 2 is 2.00 bits per heavy atom. The zero-order valence-electron chi connectivity index (χ0n) is 17.5. The number of cyclic esters (lactones) is 1. The second kappa shape index (κ2) is 7.14. The lowest BCUT2D eigenvalue weighted by molar-refractivity contribution is -0.141. The van der Waals surface area contributed by atoms with Gasteiger partial charge in [-0.3, -0.25) is 9.69 Å². The van der Waals surface area contributed by atoms with Crippen molar-refractivity contribution in [3.63, 3.8) is 0 Å². The summed E-state index contributed by atoms with van der Waals surface area (Å²) in [5.74, 6) is 2.07. The number of halogens is 1. The van der Waals surface area contributed by atoms with E-state index in [1.807, 2.05) is 43.0 Å². The van der Waals surface area contributed by atoms with Crippen molar-refractivity contribution in [2.45, 2.75) is 63.1 Å². The number of benzene rings is 1. The molecule has 162 valence electrons. The molecule has 1 aromatic carbocycles. The monoisotopic (exact) mass is 476 g/mol. The van der Waals surface area contributed by atoms with Crippen LogP contribution in [0.5, 0.6) is 5.75 Å².